The maximum absolute atomic E-state index is 13.1. The fraction of sp³-hybridized carbons (Fsp3) is 0.158. The van der Waals surface area contributed by atoms with Gasteiger partial charge in [-0.05, 0) is 43.3 Å². The number of nitrogens with one attached hydrogen (secondary N) is 2. The van der Waals surface area contributed by atoms with E-state index in [0.717, 1.165) is 0 Å². The number of benzene rings is 2. The van der Waals surface area contributed by atoms with E-state index in [0.29, 0.717) is 35.3 Å². The first-order valence-electron chi connectivity index (χ1n) is 8.34. The van der Waals surface area contributed by atoms with Crippen LogP contribution in [0.25, 0.3) is 11.3 Å². The predicted octanol–water partition coefficient (Wildman–Crippen LogP) is 5.36. The molecule has 0 saturated heterocycles. The van der Waals surface area contributed by atoms with Crippen molar-refractivity contribution in [1.29, 1.82) is 0 Å². The van der Waals surface area contributed by atoms with Gasteiger partial charge in [-0.15, -0.1) is 13.2 Å². The summed E-state index contributed by atoms with van der Waals surface area (Å²) in [5.41, 5.74) is 1.41. The number of aromatic nitrogens is 2. The molecule has 0 unspecified atom stereocenters. The topological polar surface area (TPSA) is 59.1 Å². The number of halogens is 4. The molecule has 9 heteroatoms. The van der Waals surface area contributed by atoms with Crippen molar-refractivity contribution in [3.8, 4) is 17.0 Å². The van der Waals surface area contributed by atoms with E-state index in [-0.39, 0.29) is 11.6 Å². The van der Waals surface area contributed by atoms with Crippen molar-refractivity contribution < 1.29 is 22.3 Å². The molecule has 0 fully saturated rings. The van der Waals surface area contributed by atoms with Gasteiger partial charge in [0.15, 0.2) is 0 Å². The first kappa shape index (κ1) is 19.4. The van der Waals surface area contributed by atoms with E-state index < -0.39 is 6.36 Å². The third-order valence-corrected chi connectivity index (χ3v) is 3.54. The summed E-state index contributed by atoms with van der Waals surface area (Å²) >= 11 is 0. The highest BCUT2D eigenvalue weighted by Crippen LogP contribution is 2.29. The van der Waals surface area contributed by atoms with Gasteiger partial charge >= 0.3 is 6.36 Å². The molecule has 0 atom stereocenters. The Morgan fingerprint density at radius 2 is 1.75 bits per heavy atom. The largest absolute Gasteiger partial charge is 0.573 e. The summed E-state index contributed by atoms with van der Waals surface area (Å²) in [6.45, 7) is 2.41. The highest BCUT2D eigenvalue weighted by molar-refractivity contribution is 5.68. The molecule has 0 spiro atoms. The highest BCUT2D eigenvalue weighted by atomic mass is 19.4. The molecule has 0 aliphatic carbocycles. The Hall–Kier alpha value is -3.36. The van der Waals surface area contributed by atoms with E-state index in [1.807, 2.05) is 6.92 Å². The summed E-state index contributed by atoms with van der Waals surface area (Å²) in [6.07, 6.45) is -4.78. The molecule has 5 nitrogen and oxygen atoms in total. The average Bonchev–Trinajstić information content (AvgIpc) is 2.63. The monoisotopic (exact) mass is 392 g/mol. The Labute approximate surface area is 158 Å². The number of nitrogens with zero attached hydrogens (tertiary/aromatic N) is 2. The Kier molecular flexibility index (Phi) is 5.62. The van der Waals surface area contributed by atoms with Crippen LogP contribution in [0.2, 0.25) is 0 Å². The van der Waals surface area contributed by atoms with Crippen LogP contribution in [0.4, 0.5) is 35.0 Å². The van der Waals surface area contributed by atoms with Gasteiger partial charge in [-0.25, -0.2) is 9.37 Å². The number of hydrogen-bond donors (Lipinski definition) is 2. The molecular weight excluding hydrogens is 376 g/mol. The minimum absolute atomic E-state index is 0.298. The van der Waals surface area contributed by atoms with Crippen molar-refractivity contribution in [1.82, 2.24) is 9.97 Å². The fourth-order valence-corrected chi connectivity index (χ4v) is 2.43. The van der Waals surface area contributed by atoms with Crippen molar-refractivity contribution in [3.63, 3.8) is 0 Å². The van der Waals surface area contributed by atoms with Gasteiger partial charge in [0.25, 0.3) is 0 Å². The summed E-state index contributed by atoms with van der Waals surface area (Å²) in [4.78, 5) is 8.64. The standard InChI is InChI=1S/C19H16F4N4O/c1-2-24-18-26-16(12-4-3-5-15(10-12)28-19(21,22)23)11-17(27-18)25-14-8-6-13(20)7-9-14/h3-11H,2H2,1H3,(H2,24,25,26,27). The lowest BCUT2D eigenvalue weighted by atomic mass is 10.1. The number of rotatable bonds is 6. The summed E-state index contributed by atoms with van der Waals surface area (Å²) < 4.78 is 54.5. The van der Waals surface area contributed by atoms with E-state index in [2.05, 4.69) is 25.3 Å². The SMILES string of the molecule is CCNc1nc(Nc2ccc(F)cc2)cc(-c2cccc(OC(F)(F)F)c2)n1. The van der Waals surface area contributed by atoms with Crippen LogP contribution in [0, 0.1) is 5.82 Å². The zero-order chi connectivity index (χ0) is 20.1. The summed E-state index contributed by atoms with van der Waals surface area (Å²) in [5.74, 6) is -0.0214. The smallest absolute Gasteiger partial charge is 0.406 e. The highest BCUT2D eigenvalue weighted by Gasteiger charge is 2.31. The molecule has 2 aromatic carbocycles. The minimum Gasteiger partial charge on any atom is -0.406 e. The van der Waals surface area contributed by atoms with Crippen molar-refractivity contribution in [3.05, 3.63) is 60.4 Å². The molecule has 28 heavy (non-hydrogen) atoms. The van der Waals surface area contributed by atoms with E-state index in [1.165, 1.54) is 30.3 Å². The lowest BCUT2D eigenvalue weighted by Gasteiger charge is -2.12. The molecule has 0 bridgehead atoms. The molecule has 3 rings (SSSR count). The molecule has 1 aromatic heterocycles. The van der Waals surface area contributed by atoms with E-state index in [1.54, 1.807) is 24.3 Å². The van der Waals surface area contributed by atoms with Crippen LogP contribution in [-0.2, 0) is 0 Å². The van der Waals surface area contributed by atoms with Gasteiger partial charge in [-0.2, -0.15) is 4.98 Å². The van der Waals surface area contributed by atoms with Gasteiger partial charge in [-0.1, -0.05) is 12.1 Å². The third kappa shape index (κ3) is 5.32. The second kappa shape index (κ2) is 8.12. The van der Waals surface area contributed by atoms with Crippen LogP contribution in [0.5, 0.6) is 5.75 Å². The van der Waals surface area contributed by atoms with Crippen molar-refractivity contribution in [2.45, 2.75) is 13.3 Å². The number of anilines is 3. The fourth-order valence-electron chi connectivity index (χ4n) is 2.43. The van der Waals surface area contributed by atoms with Crippen LogP contribution in [0.3, 0.4) is 0 Å². The summed E-state index contributed by atoms with van der Waals surface area (Å²) in [7, 11) is 0. The third-order valence-electron chi connectivity index (χ3n) is 3.54. The van der Waals surface area contributed by atoms with Crippen LogP contribution >= 0.6 is 0 Å². The van der Waals surface area contributed by atoms with Crippen LogP contribution in [0.1, 0.15) is 6.92 Å². The molecule has 0 amide bonds. The van der Waals surface area contributed by atoms with Gasteiger partial charge in [0.05, 0.1) is 5.69 Å². The normalized spacial score (nSPS) is 11.2. The second-order valence-corrected chi connectivity index (χ2v) is 5.70. The van der Waals surface area contributed by atoms with Crippen molar-refractivity contribution >= 4 is 17.5 Å². The molecule has 3 aromatic rings. The first-order valence-corrected chi connectivity index (χ1v) is 8.34. The van der Waals surface area contributed by atoms with Crippen LogP contribution in [0.15, 0.2) is 54.6 Å². The molecule has 146 valence electrons. The number of alkyl halides is 3. The van der Waals surface area contributed by atoms with Gasteiger partial charge in [0, 0.05) is 23.9 Å². The molecular formula is C19H16F4N4O. The van der Waals surface area contributed by atoms with Crippen molar-refractivity contribution in [2.24, 2.45) is 0 Å². The van der Waals surface area contributed by atoms with Crippen molar-refractivity contribution in [2.75, 3.05) is 17.2 Å². The zero-order valence-corrected chi connectivity index (χ0v) is 14.7. The maximum atomic E-state index is 13.1. The van der Waals surface area contributed by atoms with Gasteiger partial charge in [0.1, 0.15) is 17.4 Å². The minimum atomic E-state index is -4.78. The van der Waals surface area contributed by atoms with E-state index in [4.69, 9.17) is 0 Å². The Morgan fingerprint density at radius 3 is 2.43 bits per heavy atom. The average molecular weight is 392 g/mol. The number of hydrogen-bond acceptors (Lipinski definition) is 5. The van der Waals surface area contributed by atoms with Gasteiger partial charge < -0.3 is 15.4 Å². The predicted molar refractivity (Wildman–Crippen MR) is 98.0 cm³/mol. The molecule has 0 aliphatic rings. The van der Waals surface area contributed by atoms with Gasteiger partial charge in [-0.3, -0.25) is 0 Å². The summed E-state index contributed by atoms with van der Waals surface area (Å²) in [5, 5.41) is 6.00. The summed E-state index contributed by atoms with van der Waals surface area (Å²) in [6, 6.07) is 12.8. The molecule has 2 N–H and O–H groups in total. The second-order valence-electron chi connectivity index (χ2n) is 5.70. The Balaban J connectivity index is 1.95. The molecule has 0 saturated carbocycles. The number of ether oxygens (including phenoxy) is 1. The van der Waals surface area contributed by atoms with Crippen LogP contribution in [-0.4, -0.2) is 22.9 Å². The molecule has 0 radical (unpaired) electrons. The van der Waals surface area contributed by atoms with Gasteiger partial charge in [0.2, 0.25) is 5.95 Å². The maximum Gasteiger partial charge on any atom is 0.573 e. The quantitative estimate of drug-likeness (QED) is 0.554. The lowest BCUT2D eigenvalue weighted by Crippen LogP contribution is -2.17. The zero-order valence-electron chi connectivity index (χ0n) is 14.7. The Morgan fingerprint density at radius 1 is 1.00 bits per heavy atom. The van der Waals surface area contributed by atoms with E-state index in [9.17, 15) is 17.6 Å². The first-order chi connectivity index (χ1) is 13.3. The Bertz CT molecular complexity index is 945. The van der Waals surface area contributed by atoms with E-state index >= 15 is 0 Å². The molecule has 0 aliphatic heterocycles. The lowest BCUT2D eigenvalue weighted by molar-refractivity contribution is -0.274. The van der Waals surface area contributed by atoms with Crippen LogP contribution < -0.4 is 15.4 Å². The molecule has 1 heterocycles.